The number of nitrogens with zero attached hydrogens (tertiary/aromatic N) is 2. The van der Waals surface area contributed by atoms with E-state index in [9.17, 15) is 0 Å². The summed E-state index contributed by atoms with van der Waals surface area (Å²) < 4.78 is 4.97. The van der Waals surface area contributed by atoms with E-state index in [1.54, 1.807) is 18.4 Å². The number of ether oxygens (including phenoxy) is 1. The number of hydrogen-bond donors (Lipinski definition) is 1. The third-order valence-electron chi connectivity index (χ3n) is 2.57. The van der Waals surface area contributed by atoms with Gasteiger partial charge in [0.15, 0.2) is 0 Å². The van der Waals surface area contributed by atoms with Crippen molar-refractivity contribution in [3.05, 3.63) is 44.9 Å². The summed E-state index contributed by atoms with van der Waals surface area (Å²) in [5.41, 5.74) is 1.08. The first-order valence-electron chi connectivity index (χ1n) is 6.04. The highest BCUT2D eigenvalue weighted by Gasteiger charge is 2.07. The SMILES string of the molecule is COCCNCc1nnc(Cc2ccccc2Cl)s1. The van der Waals surface area contributed by atoms with E-state index in [1.807, 2.05) is 24.3 Å². The van der Waals surface area contributed by atoms with Crippen LogP contribution >= 0.6 is 22.9 Å². The minimum Gasteiger partial charge on any atom is -0.383 e. The second-order valence-corrected chi connectivity index (χ2v) is 5.58. The Kier molecular flexibility index (Phi) is 5.72. The van der Waals surface area contributed by atoms with Gasteiger partial charge in [0.2, 0.25) is 0 Å². The van der Waals surface area contributed by atoms with Gasteiger partial charge in [0, 0.05) is 31.6 Å². The Morgan fingerprint density at radius 3 is 2.84 bits per heavy atom. The molecule has 1 aromatic heterocycles. The van der Waals surface area contributed by atoms with Gasteiger partial charge >= 0.3 is 0 Å². The lowest BCUT2D eigenvalue weighted by Gasteiger charge is -2.00. The molecule has 2 rings (SSSR count). The number of aromatic nitrogens is 2. The van der Waals surface area contributed by atoms with Crippen LogP contribution in [0.25, 0.3) is 0 Å². The number of nitrogens with one attached hydrogen (secondary N) is 1. The number of rotatable bonds is 7. The molecule has 0 radical (unpaired) electrons. The first-order valence-corrected chi connectivity index (χ1v) is 7.23. The molecule has 0 unspecified atom stereocenters. The van der Waals surface area contributed by atoms with E-state index < -0.39 is 0 Å². The van der Waals surface area contributed by atoms with Gasteiger partial charge in [0.05, 0.1) is 6.61 Å². The van der Waals surface area contributed by atoms with Crippen LogP contribution in [0.5, 0.6) is 0 Å². The lowest BCUT2D eigenvalue weighted by atomic mass is 10.2. The number of benzene rings is 1. The fraction of sp³-hybridized carbons (Fsp3) is 0.385. The molecule has 0 saturated carbocycles. The molecule has 1 heterocycles. The lowest BCUT2D eigenvalue weighted by molar-refractivity contribution is 0.199. The summed E-state index contributed by atoms with van der Waals surface area (Å²) >= 11 is 7.74. The number of halogens is 1. The van der Waals surface area contributed by atoms with Crippen LogP contribution in [0.3, 0.4) is 0 Å². The molecule has 102 valence electrons. The van der Waals surface area contributed by atoms with Gasteiger partial charge in [-0.2, -0.15) is 0 Å². The molecular weight excluding hydrogens is 282 g/mol. The van der Waals surface area contributed by atoms with Crippen molar-refractivity contribution in [1.82, 2.24) is 15.5 Å². The molecule has 6 heteroatoms. The smallest absolute Gasteiger partial charge is 0.131 e. The van der Waals surface area contributed by atoms with Crippen molar-refractivity contribution in [1.29, 1.82) is 0 Å². The van der Waals surface area contributed by atoms with Crippen molar-refractivity contribution in [2.75, 3.05) is 20.3 Å². The maximum Gasteiger partial charge on any atom is 0.131 e. The van der Waals surface area contributed by atoms with E-state index in [0.717, 1.165) is 40.1 Å². The first-order chi connectivity index (χ1) is 9.29. The van der Waals surface area contributed by atoms with Gasteiger partial charge in [-0.1, -0.05) is 41.1 Å². The Balaban J connectivity index is 1.89. The molecule has 0 aliphatic rings. The van der Waals surface area contributed by atoms with Crippen LogP contribution in [0.1, 0.15) is 15.6 Å². The molecule has 0 amide bonds. The first kappa shape index (κ1) is 14.4. The predicted molar refractivity (Wildman–Crippen MR) is 77.7 cm³/mol. The molecular formula is C13H16ClN3OS. The zero-order valence-corrected chi connectivity index (χ0v) is 12.3. The van der Waals surface area contributed by atoms with Gasteiger partial charge in [-0.05, 0) is 11.6 Å². The second-order valence-electron chi connectivity index (χ2n) is 4.03. The molecule has 0 bridgehead atoms. The average Bonchev–Trinajstić information content (AvgIpc) is 2.85. The molecule has 19 heavy (non-hydrogen) atoms. The molecule has 0 aliphatic carbocycles. The van der Waals surface area contributed by atoms with Crippen molar-refractivity contribution in [2.24, 2.45) is 0 Å². The molecule has 0 aliphatic heterocycles. The molecule has 0 spiro atoms. The van der Waals surface area contributed by atoms with E-state index in [1.165, 1.54) is 0 Å². The maximum atomic E-state index is 6.13. The molecule has 1 aromatic carbocycles. The summed E-state index contributed by atoms with van der Waals surface area (Å²) in [6.45, 7) is 2.24. The van der Waals surface area contributed by atoms with Crippen molar-refractivity contribution < 1.29 is 4.74 Å². The van der Waals surface area contributed by atoms with E-state index in [4.69, 9.17) is 16.3 Å². The third-order valence-corrected chi connectivity index (χ3v) is 3.86. The minimum absolute atomic E-state index is 0.700. The van der Waals surface area contributed by atoms with Crippen LogP contribution in [0.15, 0.2) is 24.3 Å². The van der Waals surface area contributed by atoms with Crippen LogP contribution in [-0.4, -0.2) is 30.5 Å². The maximum absolute atomic E-state index is 6.13. The van der Waals surface area contributed by atoms with Gasteiger partial charge in [0.1, 0.15) is 10.0 Å². The monoisotopic (exact) mass is 297 g/mol. The van der Waals surface area contributed by atoms with Gasteiger partial charge in [-0.25, -0.2) is 0 Å². The third kappa shape index (κ3) is 4.54. The Hall–Kier alpha value is -1.01. The molecule has 1 N–H and O–H groups in total. The Morgan fingerprint density at radius 1 is 1.26 bits per heavy atom. The normalized spacial score (nSPS) is 10.8. The largest absolute Gasteiger partial charge is 0.383 e. The van der Waals surface area contributed by atoms with Gasteiger partial charge in [0.25, 0.3) is 0 Å². The van der Waals surface area contributed by atoms with Gasteiger partial charge < -0.3 is 10.1 Å². The van der Waals surface area contributed by atoms with Gasteiger partial charge in [-0.3, -0.25) is 0 Å². The van der Waals surface area contributed by atoms with Crippen LogP contribution in [0.4, 0.5) is 0 Å². The number of methoxy groups -OCH3 is 1. The highest BCUT2D eigenvalue weighted by molar-refractivity contribution is 7.11. The zero-order chi connectivity index (χ0) is 13.5. The highest BCUT2D eigenvalue weighted by atomic mass is 35.5. The highest BCUT2D eigenvalue weighted by Crippen LogP contribution is 2.20. The van der Waals surface area contributed by atoms with Crippen molar-refractivity contribution in [3.8, 4) is 0 Å². The summed E-state index contributed by atoms with van der Waals surface area (Å²) in [6, 6.07) is 7.82. The van der Waals surface area contributed by atoms with E-state index in [0.29, 0.717) is 6.61 Å². The summed E-state index contributed by atoms with van der Waals surface area (Å²) in [7, 11) is 1.69. The Labute approximate surface area is 121 Å². The predicted octanol–water partition coefficient (Wildman–Crippen LogP) is 2.52. The Morgan fingerprint density at radius 2 is 2.05 bits per heavy atom. The quantitative estimate of drug-likeness (QED) is 0.798. The van der Waals surface area contributed by atoms with E-state index >= 15 is 0 Å². The second kappa shape index (κ2) is 7.55. The molecule has 4 nitrogen and oxygen atoms in total. The standard InChI is InChI=1S/C13H16ClN3OS/c1-18-7-6-15-9-13-17-16-12(19-13)8-10-4-2-3-5-11(10)14/h2-5,15H,6-9H2,1H3. The topological polar surface area (TPSA) is 47.0 Å². The van der Waals surface area contributed by atoms with Crippen LogP contribution in [0, 0.1) is 0 Å². The van der Waals surface area contributed by atoms with Crippen LogP contribution < -0.4 is 5.32 Å². The summed E-state index contributed by atoms with van der Waals surface area (Å²) in [6.07, 6.45) is 0.732. The molecule has 0 fully saturated rings. The molecule has 0 atom stereocenters. The van der Waals surface area contributed by atoms with E-state index in [-0.39, 0.29) is 0 Å². The minimum atomic E-state index is 0.700. The zero-order valence-electron chi connectivity index (χ0n) is 10.7. The van der Waals surface area contributed by atoms with Gasteiger partial charge in [-0.15, -0.1) is 10.2 Å². The average molecular weight is 298 g/mol. The number of hydrogen-bond acceptors (Lipinski definition) is 5. The van der Waals surface area contributed by atoms with Crippen LogP contribution in [0.2, 0.25) is 5.02 Å². The fourth-order valence-electron chi connectivity index (χ4n) is 1.61. The van der Waals surface area contributed by atoms with Crippen molar-refractivity contribution in [3.63, 3.8) is 0 Å². The molecule has 2 aromatic rings. The van der Waals surface area contributed by atoms with Crippen molar-refractivity contribution >= 4 is 22.9 Å². The summed E-state index contributed by atoms with van der Waals surface area (Å²) in [5, 5.41) is 14.3. The fourth-order valence-corrected chi connectivity index (χ4v) is 2.65. The Bertz CT molecular complexity index is 518. The molecule has 0 saturated heterocycles. The summed E-state index contributed by atoms with van der Waals surface area (Å²) in [5.74, 6) is 0. The van der Waals surface area contributed by atoms with E-state index in [2.05, 4.69) is 15.5 Å². The summed E-state index contributed by atoms with van der Waals surface area (Å²) in [4.78, 5) is 0. The van der Waals surface area contributed by atoms with Crippen molar-refractivity contribution in [2.45, 2.75) is 13.0 Å². The lowest BCUT2D eigenvalue weighted by Crippen LogP contribution is -2.18. The van der Waals surface area contributed by atoms with Crippen LogP contribution in [-0.2, 0) is 17.7 Å².